The molecule has 94 valence electrons. The maximum absolute atomic E-state index is 11.9. The maximum Gasteiger partial charge on any atom is 0.319 e. The molecule has 0 aliphatic rings. The number of hydrogen-bond acceptors (Lipinski definition) is 2. The number of carbonyl (C=O) groups excluding carboxylic acids is 1. The molecule has 4 heteroatoms. The first kappa shape index (κ1) is 13.4. The molecule has 1 aromatic carbocycles. The van der Waals surface area contributed by atoms with Crippen LogP contribution in [0.5, 0.6) is 0 Å². The van der Waals surface area contributed by atoms with Gasteiger partial charge in [-0.05, 0) is 24.1 Å². The van der Waals surface area contributed by atoms with Gasteiger partial charge in [0, 0.05) is 32.9 Å². The molecule has 0 atom stereocenters. The van der Waals surface area contributed by atoms with Crippen molar-refractivity contribution in [2.24, 2.45) is 0 Å². The molecule has 17 heavy (non-hydrogen) atoms. The molecule has 0 aliphatic heterocycles. The molecule has 0 heterocycles. The zero-order valence-electron chi connectivity index (χ0n) is 10.8. The van der Waals surface area contributed by atoms with Crippen LogP contribution in [0.1, 0.15) is 18.9 Å². The molecule has 1 rings (SSSR count). The van der Waals surface area contributed by atoms with Crippen LogP contribution >= 0.6 is 0 Å². The third-order valence-electron chi connectivity index (χ3n) is 2.47. The fraction of sp³-hybridized carbons (Fsp3) is 0.462. The van der Waals surface area contributed by atoms with E-state index in [2.05, 4.69) is 6.92 Å². The number of anilines is 1. The normalized spacial score (nSPS) is 10.1. The lowest BCUT2D eigenvalue weighted by Gasteiger charge is -2.25. The fourth-order valence-electron chi connectivity index (χ4n) is 1.71. The Morgan fingerprint density at radius 2 is 2.06 bits per heavy atom. The summed E-state index contributed by atoms with van der Waals surface area (Å²) in [5, 5.41) is 0. The Balaban J connectivity index is 2.76. The van der Waals surface area contributed by atoms with E-state index in [4.69, 9.17) is 5.73 Å². The zero-order chi connectivity index (χ0) is 12.8. The molecule has 0 bridgehead atoms. The molecule has 1 aromatic rings. The van der Waals surface area contributed by atoms with Crippen LogP contribution in [0.4, 0.5) is 10.5 Å². The Morgan fingerprint density at radius 3 is 2.59 bits per heavy atom. The fourth-order valence-corrected chi connectivity index (χ4v) is 1.71. The van der Waals surface area contributed by atoms with Crippen LogP contribution in [-0.2, 0) is 6.54 Å². The Morgan fingerprint density at radius 1 is 1.35 bits per heavy atom. The number of urea groups is 1. The van der Waals surface area contributed by atoms with Crippen LogP contribution in [0, 0.1) is 0 Å². The van der Waals surface area contributed by atoms with Gasteiger partial charge in [0.1, 0.15) is 0 Å². The molecule has 0 unspecified atom stereocenters. The predicted octanol–water partition coefficient (Wildman–Crippen LogP) is 2.16. The summed E-state index contributed by atoms with van der Waals surface area (Å²) in [4.78, 5) is 15.4. The summed E-state index contributed by atoms with van der Waals surface area (Å²) in [7, 11) is 3.54. The highest BCUT2D eigenvalue weighted by Crippen LogP contribution is 2.11. The van der Waals surface area contributed by atoms with E-state index in [1.165, 1.54) is 0 Å². The summed E-state index contributed by atoms with van der Waals surface area (Å²) in [6.07, 6.45) is 0.946. The second-order valence-corrected chi connectivity index (χ2v) is 4.34. The van der Waals surface area contributed by atoms with Crippen molar-refractivity contribution in [1.82, 2.24) is 9.80 Å². The van der Waals surface area contributed by atoms with Gasteiger partial charge in [0.2, 0.25) is 0 Å². The summed E-state index contributed by atoms with van der Waals surface area (Å²) in [6.45, 7) is 3.43. The molecule has 0 saturated heterocycles. The zero-order valence-corrected chi connectivity index (χ0v) is 10.8. The van der Waals surface area contributed by atoms with Crippen LogP contribution < -0.4 is 5.73 Å². The first-order chi connectivity index (χ1) is 8.04. The lowest BCUT2D eigenvalue weighted by atomic mass is 10.2. The smallest absolute Gasteiger partial charge is 0.319 e. The summed E-state index contributed by atoms with van der Waals surface area (Å²) < 4.78 is 0. The van der Waals surface area contributed by atoms with Gasteiger partial charge < -0.3 is 15.5 Å². The molecule has 0 fully saturated rings. The van der Waals surface area contributed by atoms with E-state index in [0.29, 0.717) is 6.54 Å². The van der Waals surface area contributed by atoms with Gasteiger partial charge in [-0.2, -0.15) is 0 Å². The van der Waals surface area contributed by atoms with Gasteiger partial charge in [-0.25, -0.2) is 4.79 Å². The maximum atomic E-state index is 11.9. The van der Waals surface area contributed by atoms with Crippen LogP contribution in [-0.4, -0.2) is 36.5 Å². The molecule has 0 spiro atoms. The van der Waals surface area contributed by atoms with Crippen molar-refractivity contribution in [2.45, 2.75) is 19.9 Å². The lowest BCUT2D eigenvalue weighted by molar-refractivity contribution is 0.168. The number of nitrogen functional groups attached to an aromatic ring is 1. The molecule has 0 saturated carbocycles. The van der Waals surface area contributed by atoms with Gasteiger partial charge in [0.15, 0.2) is 0 Å². The molecule has 0 radical (unpaired) electrons. The highest BCUT2D eigenvalue weighted by atomic mass is 16.2. The second-order valence-electron chi connectivity index (χ2n) is 4.34. The van der Waals surface area contributed by atoms with Crippen molar-refractivity contribution in [1.29, 1.82) is 0 Å². The van der Waals surface area contributed by atoms with Crippen LogP contribution in [0.2, 0.25) is 0 Å². The van der Waals surface area contributed by atoms with Gasteiger partial charge in [-0.15, -0.1) is 0 Å². The number of benzene rings is 1. The Kier molecular flexibility index (Phi) is 4.82. The predicted molar refractivity (Wildman–Crippen MR) is 70.6 cm³/mol. The van der Waals surface area contributed by atoms with Crippen molar-refractivity contribution in [3.05, 3.63) is 29.8 Å². The minimum Gasteiger partial charge on any atom is -0.399 e. The topological polar surface area (TPSA) is 49.6 Å². The minimum absolute atomic E-state index is 0.0364. The van der Waals surface area contributed by atoms with E-state index < -0.39 is 0 Å². The summed E-state index contributed by atoms with van der Waals surface area (Å²) >= 11 is 0. The van der Waals surface area contributed by atoms with E-state index in [-0.39, 0.29) is 6.03 Å². The van der Waals surface area contributed by atoms with E-state index in [9.17, 15) is 4.79 Å². The number of nitrogens with two attached hydrogens (primary N) is 1. The Labute approximate surface area is 103 Å². The van der Waals surface area contributed by atoms with Gasteiger partial charge >= 0.3 is 6.03 Å². The first-order valence-corrected chi connectivity index (χ1v) is 5.85. The van der Waals surface area contributed by atoms with Crippen molar-refractivity contribution in [2.75, 3.05) is 26.4 Å². The van der Waals surface area contributed by atoms with Gasteiger partial charge in [0.25, 0.3) is 0 Å². The number of carbonyl (C=O) groups is 1. The average molecular weight is 235 g/mol. The van der Waals surface area contributed by atoms with Crippen LogP contribution in [0.25, 0.3) is 0 Å². The summed E-state index contributed by atoms with van der Waals surface area (Å²) in [5.74, 6) is 0. The molecule has 4 nitrogen and oxygen atoms in total. The second kappa shape index (κ2) is 6.13. The van der Waals surface area contributed by atoms with E-state index in [0.717, 1.165) is 24.2 Å². The van der Waals surface area contributed by atoms with Crippen LogP contribution in [0.3, 0.4) is 0 Å². The SMILES string of the molecule is CCCN(Cc1cccc(N)c1)C(=O)N(C)C. The molecule has 2 N–H and O–H groups in total. The first-order valence-electron chi connectivity index (χ1n) is 5.85. The molecule has 0 aromatic heterocycles. The summed E-state index contributed by atoms with van der Waals surface area (Å²) in [5.41, 5.74) is 7.53. The largest absolute Gasteiger partial charge is 0.399 e. The summed E-state index contributed by atoms with van der Waals surface area (Å²) in [6, 6.07) is 7.69. The number of rotatable bonds is 4. The Hall–Kier alpha value is -1.71. The van der Waals surface area contributed by atoms with Crippen molar-refractivity contribution in [3.63, 3.8) is 0 Å². The van der Waals surface area contributed by atoms with E-state index >= 15 is 0 Å². The minimum atomic E-state index is 0.0364. The molecule has 0 aliphatic carbocycles. The van der Waals surface area contributed by atoms with Gasteiger partial charge in [0.05, 0.1) is 0 Å². The average Bonchev–Trinajstić information content (AvgIpc) is 2.27. The van der Waals surface area contributed by atoms with E-state index in [1.807, 2.05) is 29.2 Å². The highest BCUT2D eigenvalue weighted by Gasteiger charge is 2.14. The van der Waals surface area contributed by atoms with Crippen molar-refractivity contribution in [3.8, 4) is 0 Å². The quantitative estimate of drug-likeness (QED) is 0.813. The Bertz CT molecular complexity index is 377. The van der Waals surface area contributed by atoms with Gasteiger partial charge in [-0.1, -0.05) is 19.1 Å². The molecular weight excluding hydrogens is 214 g/mol. The standard InChI is InChI=1S/C13H21N3O/c1-4-8-16(13(17)15(2)3)10-11-6-5-7-12(14)9-11/h5-7,9H,4,8,10,14H2,1-3H3. The van der Waals surface area contributed by atoms with E-state index in [1.54, 1.807) is 19.0 Å². The number of hydrogen-bond donors (Lipinski definition) is 1. The number of nitrogens with zero attached hydrogens (tertiary/aromatic N) is 2. The number of amides is 2. The highest BCUT2D eigenvalue weighted by molar-refractivity contribution is 5.73. The lowest BCUT2D eigenvalue weighted by Crippen LogP contribution is -2.39. The molecular formula is C13H21N3O. The van der Waals surface area contributed by atoms with Crippen LogP contribution in [0.15, 0.2) is 24.3 Å². The van der Waals surface area contributed by atoms with Gasteiger partial charge in [-0.3, -0.25) is 0 Å². The third-order valence-corrected chi connectivity index (χ3v) is 2.47. The monoisotopic (exact) mass is 235 g/mol. The van der Waals surface area contributed by atoms with Crippen molar-refractivity contribution >= 4 is 11.7 Å². The third kappa shape index (κ3) is 3.98. The molecule has 2 amide bonds. The van der Waals surface area contributed by atoms with Crippen molar-refractivity contribution < 1.29 is 4.79 Å².